The van der Waals surface area contributed by atoms with Crippen LogP contribution in [0.1, 0.15) is 6.92 Å². The average molecular weight is 320 g/mol. The van der Waals surface area contributed by atoms with E-state index in [0.717, 1.165) is 30.3 Å². The highest BCUT2D eigenvalue weighted by Gasteiger charge is 2.16. The van der Waals surface area contributed by atoms with Gasteiger partial charge in [0.05, 0.1) is 0 Å². The molecule has 0 aliphatic carbocycles. The molecule has 118 valence electrons. The Balaban J connectivity index is 2.36. The number of anilines is 1. The highest BCUT2D eigenvalue weighted by molar-refractivity contribution is 6.02. The third kappa shape index (κ3) is 2.84. The van der Waals surface area contributed by atoms with E-state index in [1.807, 2.05) is 6.92 Å². The Labute approximate surface area is 129 Å². The first-order valence-electron chi connectivity index (χ1n) is 6.97. The SMILES string of the molecule is CCNc1ncc(-c2cc(F)cc(F)c2)c2c(F)cc(F)cc12. The maximum atomic E-state index is 14.3. The number of fused-ring (bicyclic) bond motifs is 1. The first kappa shape index (κ1) is 15.3. The van der Waals surface area contributed by atoms with E-state index in [2.05, 4.69) is 10.3 Å². The number of halogens is 4. The van der Waals surface area contributed by atoms with Gasteiger partial charge in [0.15, 0.2) is 0 Å². The minimum absolute atomic E-state index is 0.0577. The molecule has 1 aromatic heterocycles. The Morgan fingerprint density at radius 2 is 1.57 bits per heavy atom. The van der Waals surface area contributed by atoms with Gasteiger partial charge in [0.1, 0.15) is 29.1 Å². The number of pyridine rings is 1. The fraction of sp³-hybridized carbons (Fsp3) is 0.118. The topological polar surface area (TPSA) is 24.9 Å². The molecule has 0 atom stereocenters. The molecule has 1 N–H and O–H groups in total. The van der Waals surface area contributed by atoms with Crippen LogP contribution in [0.2, 0.25) is 0 Å². The summed E-state index contributed by atoms with van der Waals surface area (Å²) in [4.78, 5) is 4.13. The number of benzene rings is 2. The summed E-state index contributed by atoms with van der Waals surface area (Å²) >= 11 is 0. The summed E-state index contributed by atoms with van der Waals surface area (Å²) in [6.07, 6.45) is 1.32. The third-order valence-electron chi connectivity index (χ3n) is 3.42. The first-order valence-corrected chi connectivity index (χ1v) is 6.97. The summed E-state index contributed by atoms with van der Waals surface area (Å²) in [6, 6.07) is 4.76. The van der Waals surface area contributed by atoms with Crippen molar-refractivity contribution in [1.29, 1.82) is 0 Å². The third-order valence-corrected chi connectivity index (χ3v) is 3.42. The van der Waals surface area contributed by atoms with Crippen molar-refractivity contribution in [3.63, 3.8) is 0 Å². The van der Waals surface area contributed by atoms with Gasteiger partial charge in [-0.1, -0.05) is 0 Å². The molecule has 0 aliphatic heterocycles. The normalized spacial score (nSPS) is 11.0. The zero-order chi connectivity index (χ0) is 16.6. The molecule has 0 saturated heterocycles. The maximum absolute atomic E-state index is 14.3. The Bertz CT molecular complexity index is 873. The molecule has 1 heterocycles. The Kier molecular flexibility index (Phi) is 3.90. The van der Waals surface area contributed by atoms with Crippen LogP contribution in [0.25, 0.3) is 21.9 Å². The number of hydrogen-bond donors (Lipinski definition) is 1. The number of rotatable bonds is 3. The highest BCUT2D eigenvalue weighted by atomic mass is 19.1. The van der Waals surface area contributed by atoms with Crippen LogP contribution in [-0.4, -0.2) is 11.5 Å². The second kappa shape index (κ2) is 5.87. The van der Waals surface area contributed by atoms with E-state index in [4.69, 9.17) is 0 Å². The summed E-state index contributed by atoms with van der Waals surface area (Å²) in [7, 11) is 0. The molecule has 0 saturated carbocycles. The van der Waals surface area contributed by atoms with E-state index >= 15 is 0 Å². The van der Waals surface area contributed by atoms with Gasteiger partial charge in [-0.15, -0.1) is 0 Å². The molecule has 3 rings (SSSR count). The number of nitrogens with one attached hydrogen (secondary N) is 1. The summed E-state index contributed by atoms with van der Waals surface area (Å²) in [5, 5.41) is 3.19. The zero-order valence-electron chi connectivity index (χ0n) is 12.1. The van der Waals surface area contributed by atoms with Gasteiger partial charge in [0.25, 0.3) is 0 Å². The monoisotopic (exact) mass is 320 g/mol. The maximum Gasteiger partial charge on any atom is 0.134 e. The first-order chi connectivity index (χ1) is 11.0. The second-order valence-corrected chi connectivity index (χ2v) is 5.02. The van der Waals surface area contributed by atoms with Gasteiger partial charge in [0.2, 0.25) is 0 Å². The summed E-state index contributed by atoms with van der Waals surface area (Å²) in [6.45, 7) is 2.33. The van der Waals surface area contributed by atoms with Crippen LogP contribution in [0, 0.1) is 23.3 Å². The van der Waals surface area contributed by atoms with Gasteiger partial charge in [-0.2, -0.15) is 0 Å². The molecule has 0 aliphatic rings. The van der Waals surface area contributed by atoms with Crippen LogP contribution in [0.5, 0.6) is 0 Å². The van der Waals surface area contributed by atoms with Crippen LogP contribution >= 0.6 is 0 Å². The van der Waals surface area contributed by atoms with E-state index in [1.54, 1.807) is 0 Å². The standard InChI is InChI=1S/C17H12F4N2/c1-2-22-17-13-6-12(20)7-15(21)16(13)14(8-23-17)9-3-10(18)5-11(19)4-9/h3-8H,2H2,1H3,(H,22,23). The largest absolute Gasteiger partial charge is 0.370 e. The molecular weight excluding hydrogens is 308 g/mol. The van der Waals surface area contributed by atoms with Gasteiger partial charge >= 0.3 is 0 Å². The van der Waals surface area contributed by atoms with Crippen molar-refractivity contribution in [2.75, 3.05) is 11.9 Å². The molecule has 0 fully saturated rings. The van der Waals surface area contributed by atoms with Gasteiger partial charge in [-0.3, -0.25) is 0 Å². The van der Waals surface area contributed by atoms with E-state index in [-0.39, 0.29) is 21.9 Å². The van der Waals surface area contributed by atoms with Gasteiger partial charge < -0.3 is 5.32 Å². The van der Waals surface area contributed by atoms with E-state index < -0.39 is 23.3 Å². The van der Waals surface area contributed by atoms with Crippen LogP contribution in [0.15, 0.2) is 36.5 Å². The summed E-state index contributed by atoms with van der Waals surface area (Å²) in [5.74, 6) is -2.83. The number of nitrogens with zero attached hydrogens (tertiary/aromatic N) is 1. The fourth-order valence-electron chi connectivity index (χ4n) is 2.53. The van der Waals surface area contributed by atoms with Crippen molar-refractivity contribution in [2.45, 2.75) is 6.92 Å². The van der Waals surface area contributed by atoms with Gasteiger partial charge in [-0.25, -0.2) is 22.5 Å². The lowest BCUT2D eigenvalue weighted by Gasteiger charge is -2.12. The van der Waals surface area contributed by atoms with Crippen molar-refractivity contribution in [3.05, 3.63) is 59.8 Å². The molecule has 6 heteroatoms. The lowest BCUT2D eigenvalue weighted by molar-refractivity contribution is 0.583. The van der Waals surface area contributed by atoms with E-state index in [0.29, 0.717) is 12.4 Å². The van der Waals surface area contributed by atoms with Crippen molar-refractivity contribution in [1.82, 2.24) is 4.98 Å². The van der Waals surface area contributed by atoms with Crippen LogP contribution in [0.4, 0.5) is 23.4 Å². The van der Waals surface area contributed by atoms with E-state index in [1.165, 1.54) is 6.20 Å². The van der Waals surface area contributed by atoms with Crippen molar-refractivity contribution in [2.24, 2.45) is 0 Å². The molecule has 0 spiro atoms. The number of aromatic nitrogens is 1. The molecular formula is C17H12F4N2. The van der Waals surface area contributed by atoms with Crippen molar-refractivity contribution in [3.8, 4) is 11.1 Å². The Hall–Kier alpha value is -2.63. The van der Waals surface area contributed by atoms with Gasteiger partial charge in [-0.05, 0) is 30.7 Å². The minimum atomic E-state index is -0.818. The highest BCUT2D eigenvalue weighted by Crippen LogP contribution is 2.34. The second-order valence-electron chi connectivity index (χ2n) is 5.02. The molecule has 23 heavy (non-hydrogen) atoms. The molecule has 0 unspecified atom stereocenters. The van der Waals surface area contributed by atoms with Crippen LogP contribution in [0.3, 0.4) is 0 Å². The van der Waals surface area contributed by atoms with Crippen molar-refractivity contribution >= 4 is 16.6 Å². The van der Waals surface area contributed by atoms with Crippen molar-refractivity contribution < 1.29 is 17.6 Å². The Morgan fingerprint density at radius 3 is 2.22 bits per heavy atom. The smallest absolute Gasteiger partial charge is 0.134 e. The minimum Gasteiger partial charge on any atom is -0.370 e. The predicted octanol–water partition coefficient (Wildman–Crippen LogP) is 4.89. The molecule has 2 aromatic carbocycles. The molecule has 0 amide bonds. The average Bonchev–Trinajstić information content (AvgIpc) is 2.47. The lowest BCUT2D eigenvalue weighted by atomic mass is 9.99. The molecule has 3 aromatic rings. The summed E-state index contributed by atoms with van der Waals surface area (Å²) < 4.78 is 54.8. The molecule has 0 radical (unpaired) electrons. The predicted molar refractivity (Wildman–Crippen MR) is 81.2 cm³/mol. The quantitative estimate of drug-likeness (QED) is 0.695. The fourth-order valence-corrected chi connectivity index (χ4v) is 2.53. The molecule has 0 bridgehead atoms. The van der Waals surface area contributed by atoms with Gasteiger partial charge in [0, 0.05) is 41.2 Å². The zero-order valence-corrected chi connectivity index (χ0v) is 12.1. The lowest BCUT2D eigenvalue weighted by Crippen LogP contribution is -2.02. The number of hydrogen-bond acceptors (Lipinski definition) is 2. The Morgan fingerprint density at radius 1 is 0.913 bits per heavy atom. The molecule has 2 nitrogen and oxygen atoms in total. The summed E-state index contributed by atoms with van der Waals surface area (Å²) in [5.41, 5.74) is 0.325. The van der Waals surface area contributed by atoms with E-state index in [9.17, 15) is 17.6 Å². The van der Waals surface area contributed by atoms with Crippen LogP contribution in [-0.2, 0) is 0 Å². The van der Waals surface area contributed by atoms with Crippen LogP contribution < -0.4 is 5.32 Å².